The van der Waals surface area contributed by atoms with Gasteiger partial charge < -0.3 is 19.9 Å². The molecule has 0 bridgehead atoms. The van der Waals surface area contributed by atoms with Gasteiger partial charge in [0, 0.05) is 12.5 Å². The predicted molar refractivity (Wildman–Crippen MR) is 79.5 cm³/mol. The molecule has 0 spiro atoms. The van der Waals surface area contributed by atoms with E-state index < -0.39 is 0 Å². The van der Waals surface area contributed by atoms with Gasteiger partial charge in [-0.15, -0.1) is 0 Å². The number of aliphatic hydroxyl groups is 1. The fourth-order valence-corrected chi connectivity index (χ4v) is 2.60. The number of para-hydroxylation sites is 2. The maximum atomic E-state index is 11.8. The molecule has 5 heteroatoms. The molecule has 1 aromatic rings. The zero-order chi connectivity index (χ0) is 15.1. The third-order valence-electron chi connectivity index (χ3n) is 3.86. The van der Waals surface area contributed by atoms with Crippen LogP contribution in [0, 0.1) is 5.92 Å². The third-order valence-corrected chi connectivity index (χ3v) is 3.86. The lowest BCUT2D eigenvalue weighted by molar-refractivity contribution is -0.123. The van der Waals surface area contributed by atoms with Gasteiger partial charge in [-0.3, -0.25) is 4.79 Å². The van der Waals surface area contributed by atoms with Crippen LogP contribution in [0.25, 0.3) is 0 Å². The summed E-state index contributed by atoms with van der Waals surface area (Å²) < 4.78 is 10.6. The van der Waals surface area contributed by atoms with E-state index in [1.165, 1.54) is 0 Å². The average molecular weight is 293 g/mol. The van der Waals surface area contributed by atoms with E-state index in [0.29, 0.717) is 18.0 Å². The molecule has 5 nitrogen and oxygen atoms in total. The minimum Gasteiger partial charge on any atom is -0.493 e. The number of ether oxygens (including phenoxy) is 2. The van der Waals surface area contributed by atoms with Gasteiger partial charge in [-0.25, -0.2) is 0 Å². The van der Waals surface area contributed by atoms with Crippen LogP contribution in [0.2, 0.25) is 0 Å². The van der Waals surface area contributed by atoms with Crippen LogP contribution in [-0.2, 0) is 4.79 Å². The number of aliphatic hydroxyl groups excluding tert-OH is 1. The van der Waals surface area contributed by atoms with E-state index in [9.17, 15) is 9.90 Å². The summed E-state index contributed by atoms with van der Waals surface area (Å²) in [6, 6.07) is 7.22. The molecule has 0 aromatic heterocycles. The summed E-state index contributed by atoms with van der Waals surface area (Å²) in [4.78, 5) is 11.8. The van der Waals surface area contributed by atoms with Crippen molar-refractivity contribution < 1.29 is 19.4 Å². The van der Waals surface area contributed by atoms with Crippen molar-refractivity contribution in [2.75, 3.05) is 20.3 Å². The van der Waals surface area contributed by atoms with Crippen LogP contribution >= 0.6 is 0 Å². The van der Waals surface area contributed by atoms with E-state index in [0.717, 1.165) is 25.7 Å². The molecule has 2 N–H and O–H groups in total. The van der Waals surface area contributed by atoms with Crippen molar-refractivity contribution >= 4 is 5.91 Å². The Morgan fingerprint density at radius 3 is 2.71 bits per heavy atom. The predicted octanol–water partition coefficient (Wildman–Crippen LogP) is 1.74. The Bertz CT molecular complexity index is 463. The van der Waals surface area contributed by atoms with Gasteiger partial charge in [-0.1, -0.05) is 25.0 Å². The minimum atomic E-state index is -0.297. The van der Waals surface area contributed by atoms with Gasteiger partial charge in [0.2, 0.25) is 0 Å². The first-order valence-corrected chi connectivity index (χ1v) is 7.41. The largest absolute Gasteiger partial charge is 0.493 e. The summed E-state index contributed by atoms with van der Waals surface area (Å²) in [6.07, 6.45) is 3.69. The summed E-state index contributed by atoms with van der Waals surface area (Å²) in [5.41, 5.74) is 0. The minimum absolute atomic E-state index is 0.0524. The monoisotopic (exact) mass is 293 g/mol. The number of carbonyl (C=O) groups excluding carboxylic acids is 1. The molecule has 116 valence electrons. The fraction of sp³-hybridized carbons (Fsp3) is 0.562. The highest BCUT2D eigenvalue weighted by atomic mass is 16.5. The quantitative estimate of drug-likeness (QED) is 0.838. The topological polar surface area (TPSA) is 67.8 Å². The van der Waals surface area contributed by atoms with Crippen molar-refractivity contribution in [3.05, 3.63) is 24.3 Å². The number of hydrogen-bond donors (Lipinski definition) is 2. The van der Waals surface area contributed by atoms with Crippen molar-refractivity contribution in [1.82, 2.24) is 5.32 Å². The van der Waals surface area contributed by atoms with E-state index in [-0.39, 0.29) is 24.5 Å². The zero-order valence-corrected chi connectivity index (χ0v) is 12.4. The molecular formula is C16H23NO4. The van der Waals surface area contributed by atoms with Crippen molar-refractivity contribution in [2.24, 2.45) is 5.92 Å². The first-order valence-electron chi connectivity index (χ1n) is 7.41. The summed E-state index contributed by atoms with van der Waals surface area (Å²) in [7, 11) is 1.56. The summed E-state index contributed by atoms with van der Waals surface area (Å²) in [5, 5.41) is 12.7. The van der Waals surface area contributed by atoms with Crippen molar-refractivity contribution in [1.29, 1.82) is 0 Å². The maximum absolute atomic E-state index is 11.8. The Kier molecular flexibility index (Phi) is 5.87. The van der Waals surface area contributed by atoms with Crippen LogP contribution in [0.3, 0.4) is 0 Å². The third kappa shape index (κ3) is 4.63. The molecule has 0 saturated heterocycles. The molecule has 1 fully saturated rings. The van der Waals surface area contributed by atoms with Gasteiger partial charge in [0.05, 0.1) is 13.2 Å². The number of rotatable bonds is 6. The first-order chi connectivity index (χ1) is 10.2. The van der Waals surface area contributed by atoms with Crippen LogP contribution in [0.4, 0.5) is 0 Å². The van der Waals surface area contributed by atoms with Gasteiger partial charge in [0.15, 0.2) is 18.1 Å². The molecule has 2 unspecified atom stereocenters. The van der Waals surface area contributed by atoms with Crippen LogP contribution in [0.1, 0.15) is 25.7 Å². The Hall–Kier alpha value is -1.75. The lowest BCUT2D eigenvalue weighted by Crippen LogP contribution is -2.38. The van der Waals surface area contributed by atoms with Gasteiger partial charge in [-0.05, 0) is 25.0 Å². The van der Waals surface area contributed by atoms with E-state index in [1.807, 2.05) is 12.1 Å². The van der Waals surface area contributed by atoms with Crippen molar-refractivity contribution in [3.8, 4) is 11.5 Å². The number of nitrogens with one attached hydrogen (secondary N) is 1. The fourth-order valence-electron chi connectivity index (χ4n) is 2.60. The van der Waals surface area contributed by atoms with Crippen molar-refractivity contribution in [2.45, 2.75) is 31.8 Å². The highest BCUT2D eigenvalue weighted by Gasteiger charge is 2.23. The van der Waals surface area contributed by atoms with Crippen LogP contribution < -0.4 is 14.8 Å². The maximum Gasteiger partial charge on any atom is 0.257 e. The van der Waals surface area contributed by atoms with Gasteiger partial charge in [0.25, 0.3) is 5.91 Å². The van der Waals surface area contributed by atoms with Gasteiger partial charge in [-0.2, -0.15) is 0 Å². The first kappa shape index (κ1) is 15.6. The molecule has 1 aromatic carbocycles. The Morgan fingerprint density at radius 2 is 2.00 bits per heavy atom. The van der Waals surface area contributed by atoms with Gasteiger partial charge in [0.1, 0.15) is 0 Å². The Balaban J connectivity index is 1.74. The Morgan fingerprint density at radius 1 is 1.29 bits per heavy atom. The summed E-state index contributed by atoms with van der Waals surface area (Å²) in [6.45, 7) is 0.457. The zero-order valence-electron chi connectivity index (χ0n) is 12.4. The number of methoxy groups -OCH3 is 1. The molecule has 2 atom stereocenters. The highest BCUT2D eigenvalue weighted by Crippen LogP contribution is 2.26. The molecule has 1 saturated carbocycles. The summed E-state index contributed by atoms with van der Waals surface area (Å²) >= 11 is 0. The van der Waals surface area contributed by atoms with Crippen LogP contribution in [0.5, 0.6) is 11.5 Å². The number of amides is 1. The van der Waals surface area contributed by atoms with Gasteiger partial charge >= 0.3 is 0 Å². The van der Waals surface area contributed by atoms with E-state index in [2.05, 4.69) is 5.32 Å². The Labute approximate surface area is 125 Å². The second-order valence-corrected chi connectivity index (χ2v) is 5.36. The lowest BCUT2D eigenvalue weighted by atomic mass is 9.86. The second kappa shape index (κ2) is 7.88. The normalized spacial score (nSPS) is 21.6. The molecule has 0 heterocycles. The molecule has 1 amide bonds. The molecule has 0 radical (unpaired) electrons. The lowest BCUT2D eigenvalue weighted by Gasteiger charge is -2.27. The van der Waals surface area contributed by atoms with Crippen molar-refractivity contribution in [3.63, 3.8) is 0 Å². The molecule has 1 aliphatic carbocycles. The van der Waals surface area contributed by atoms with E-state index in [4.69, 9.17) is 9.47 Å². The average Bonchev–Trinajstić information content (AvgIpc) is 2.52. The number of benzene rings is 1. The molecule has 0 aliphatic heterocycles. The molecule has 21 heavy (non-hydrogen) atoms. The molecule has 2 rings (SSSR count). The highest BCUT2D eigenvalue weighted by molar-refractivity contribution is 5.77. The van der Waals surface area contributed by atoms with Crippen LogP contribution in [-0.4, -0.2) is 37.4 Å². The summed E-state index contributed by atoms with van der Waals surface area (Å²) in [5.74, 6) is 1.13. The van der Waals surface area contributed by atoms with Crippen LogP contribution in [0.15, 0.2) is 24.3 Å². The van der Waals surface area contributed by atoms with E-state index in [1.54, 1.807) is 19.2 Å². The second-order valence-electron chi connectivity index (χ2n) is 5.36. The SMILES string of the molecule is COc1ccccc1OCC(=O)NCC1CCCCC1O. The standard InChI is InChI=1S/C16H23NO4/c1-20-14-8-4-5-9-15(14)21-11-16(19)17-10-12-6-2-3-7-13(12)18/h4-5,8-9,12-13,18H,2-3,6-7,10-11H2,1H3,(H,17,19). The van der Waals surface area contributed by atoms with E-state index >= 15 is 0 Å². The smallest absolute Gasteiger partial charge is 0.257 e. The number of hydrogen-bond acceptors (Lipinski definition) is 4. The molecule has 1 aliphatic rings. The molecular weight excluding hydrogens is 270 g/mol. The number of carbonyl (C=O) groups is 1.